The van der Waals surface area contributed by atoms with Gasteiger partial charge in [0.05, 0.1) is 27.2 Å². The number of sulfonamides is 1. The Morgan fingerprint density at radius 3 is 2.29 bits per heavy atom. The number of halogens is 4. The van der Waals surface area contributed by atoms with E-state index in [1.807, 2.05) is 30.3 Å². The molecule has 0 unspecified atom stereocenters. The summed E-state index contributed by atoms with van der Waals surface area (Å²) in [6, 6.07) is 9.16. The van der Waals surface area contributed by atoms with E-state index in [9.17, 15) is 21.6 Å². The Kier molecular flexibility index (Phi) is 6.63. The van der Waals surface area contributed by atoms with Crippen LogP contribution in [0.15, 0.2) is 39.7 Å². The Bertz CT molecular complexity index is 1190. The molecule has 0 bridgehead atoms. The van der Waals surface area contributed by atoms with Gasteiger partial charge in [-0.25, -0.2) is 17.8 Å². The number of rotatable bonds is 7. The maximum Gasteiger partial charge on any atom is 0.436 e. The summed E-state index contributed by atoms with van der Waals surface area (Å²) in [5, 5.41) is 7.93. The summed E-state index contributed by atoms with van der Waals surface area (Å²) in [5.41, 5.74) is 0.898. The summed E-state index contributed by atoms with van der Waals surface area (Å²) in [4.78, 5) is 0.0914. The Hall–Kier alpha value is -2.18. The first-order chi connectivity index (χ1) is 14.4. The van der Waals surface area contributed by atoms with Crippen LogP contribution in [0.25, 0.3) is 5.69 Å². The van der Waals surface area contributed by atoms with E-state index in [4.69, 9.17) is 0 Å². The van der Waals surface area contributed by atoms with Crippen molar-refractivity contribution in [2.75, 3.05) is 6.54 Å². The van der Waals surface area contributed by atoms with E-state index in [0.29, 0.717) is 17.1 Å². The summed E-state index contributed by atoms with van der Waals surface area (Å²) in [7, 11) is -3.85. The van der Waals surface area contributed by atoms with Gasteiger partial charge < -0.3 is 0 Å². The summed E-state index contributed by atoms with van der Waals surface area (Å²) in [5.74, 6) is 0. The van der Waals surface area contributed by atoms with E-state index in [1.165, 1.54) is 11.6 Å². The second-order valence-corrected chi connectivity index (χ2v) is 9.46. The predicted molar refractivity (Wildman–Crippen MR) is 113 cm³/mol. The van der Waals surface area contributed by atoms with E-state index >= 15 is 0 Å². The number of nitrogens with one attached hydrogen (secondary N) is 1. The second kappa shape index (κ2) is 8.75. The zero-order valence-corrected chi connectivity index (χ0v) is 19.4. The van der Waals surface area contributed by atoms with Crippen LogP contribution in [0.1, 0.15) is 29.2 Å². The average molecular weight is 520 g/mol. The number of hydrogen-bond donors (Lipinski definition) is 1. The number of para-hydroxylation sites is 1. The van der Waals surface area contributed by atoms with E-state index in [2.05, 4.69) is 30.8 Å². The highest BCUT2D eigenvalue weighted by Crippen LogP contribution is 2.35. The van der Waals surface area contributed by atoms with Gasteiger partial charge in [0.15, 0.2) is 5.69 Å². The second-order valence-electron chi connectivity index (χ2n) is 6.97. The van der Waals surface area contributed by atoms with Crippen LogP contribution in [0, 0.1) is 20.8 Å². The van der Waals surface area contributed by atoms with Gasteiger partial charge in [0, 0.05) is 13.1 Å². The fourth-order valence-corrected chi connectivity index (χ4v) is 5.24. The lowest BCUT2D eigenvalue weighted by Crippen LogP contribution is -2.26. The van der Waals surface area contributed by atoms with Crippen molar-refractivity contribution < 1.29 is 21.6 Å². The summed E-state index contributed by atoms with van der Waals surface area (Å²) in [6.07, 6.45) is -4.30. The molecule has 0 radical (unpaired) electrons. The monoisotopic (exact) mass is 519 g/mol. The molecule has 168 valence electrons. The van der Waals surface area contributed by atoms with Gasteiger partial charge in [-0.3, -0.25) is 4.68 Å². The van der Waals surface area contributed by atoms with Gasteiger partial charge in [-0.1, -0.05) is 18.2 Å². The molecule has 0 atom stereocenters. The molecule has 31 heavy (non-hydrogen) atoms. The van der Waals surface area contributed by atoms with Crippen LogP contribution < -0.4 is 4.72 Å². The minimum Gasteiger partial charge on any atom is -0.268 e. The van der Waals surface area contributed by atoms with Gasteiger partial charge >= 0.3 is 6.18 Å². The topological polar surface area (TPSA) is 81.8 Å². The molecule has 3 aromatic rings. The summed E-state index contributed by atoms with van der Waals surface area (Å²) >= 11 is 2.92. The van der Waals surface area contributed by atoms with Crippen molar-refractivity contribution in [2.45, 2.75) is 44.8 Å². The van der Waals surface area contributed by atoms with E-state index in [0.717, 1.165) is 5.69 Å². The molecule has 1 aromatic carbocycles. The normalized spacial score (nSPS) is 12.5. The molecular formula is C19H21BrF3N5O2S. The van der Waals surface area contributed by atoms with Crippen molar-refractivity contribution in [3.8, 4) is 5.69 Å². The van der Waals surface area contributed by atoms with Gasteiger partial charge in [-0.15, -0.1) is 0 Å². The first-order valence-corrected chi connectivity index (χ1v) is 11.6. The van der Waals surface area contributed by atoms with Crippen LogP contribution in [-0.4, -0.2) is 34.5 Å². The van der Waals surface area contributed by atoms with Crippen LogP contribution in [0.3, 0.4) is 0 Å². The van der Waals surface area contributed by atoms with E-state index in [1.54, 1.807) is 18.5 Å². The standard InChI is InChI=1S/C19H21BrF3N5O2S/c1-12-17(14(3)28(25-12)15-8-5-4-6-9-15)31(29,30)24-10-7-11-27-13(2)16(20)18(26-27)19(21,22)23/h4-6,8-9,24H,7,10-11H2,1-3H3. The minimum atomic E-state index is -4.57. The molecule has 2 aromatic heterocycles. The molecule has 0 aliphatic rings. The van der Waals surface area contributed by atoms with Crippen LogP contribution in [-0.2, 0) is 22.7 Å². The molecule has 0 saturated carbocycles. The van der Waals surface area contributed by atoms with Crippen molar-refractivity contribution in [3.63, 3.8) is 0 Å². The third-order valence-corrected chi connectivity index (χ3v) is 7.40. The number of nitrogens with zero attached hydrogens (tertiary/aromatic N) is 4. The van der Waals surface area contributed by atoms with Crippen LogP contribution in [0.2, 0.25) is 0 Å². The molecule has 3 rings (SSSR count). The number of aromatic nitrogens is 4. The molecule has 0 aliphatic heterocycles. The fraction of sp³-hybridized carbons (Fsp3) is 0.368. The maximum atomic E-state index is 13.0. The molecular weight excluding hydrogens is 499 g/mol. The summed E-state index contributed by atoms with van der Waals surface area (Å²) < 4.78 is 69.8. The Balaban J connectivity index is 1.70. The van der Waals surface area contributed by atoms with Gasteiger partial charge in [-0.2, -0.15) is 23.4 Å². The Labute approximate surface area is 186 Å². The highest BCUT2D eigenvalue weighted by molar-refractivity contribution is 9.10. The summed E-state index contributed by atoms with van der Waals surface area (Å²) in [6.45, 7) is 4.97. The fourth-order valence-electron chi connectivity index (χ4n) is 3.27. The van der Waals surface area contributed by atoms with Crippen molar-refractivity contribution >= 4 is 26.0 Å². The van der Waals surface area contributed by atoms with Gasteiger partial charge in [0.25, 0.3) is 0 Å². The largest absolute Gasteiger partial charge is 0.436 e. The lowest BCUT2D eigenvalue weighted by molar-refractivity contribution is -0.142. The molecule has 1 N–H and O–H groups in total. The highest BCUT2D eigenvalue weighted by atomic mass is 79.9. The Morgan fingerprint density at radius 1 is 1.06 bits per heavy atom. The first-order valence-electron chi connectivity index (χ1n) is 9.35. The van der Waals surface area contributed by atoms with Crippen LogP contribution in [0.4, 0.5) is 13.2 Å². The lowest BCUT2D eigenvalue weighted by Gasteiger charge is -2.09. The van der Waals surface area contributed by atoms with Crippen LogP contribution >= 0.6 is 15.9 Å². The molecule has 7 nitrogen and oxygen atoms in total. The molecule has 2 heterocycles. The van der Waals surface area contributed by atoms with Crippen molar-refractivity contribution in [2.24, 2.45) is 0 Å². The molecule has 0 saturated heterocycles. The predicted octanol–water partition coefficient (Wildman–Crippen LogP) is 4.14. The zero-order chi connectivity index (χ0) is 23.0. The number of alkyl halides is 3. The molecule has 12 heteroatoms. The van der Waals surface area contributed by atoms with Crippen molar-refractivity contribution in [1.82, 2.24) is 24.3 Å². The van der Waals surface area contributed by atoms with Crippen molar-refractivity contribution in [3.05, 3.63) is 57.6 Å². The van der Waals surface area contributed by atoms with Gasteiger partial charge in [0.1, 0.15) is 4.90 Å². The number of benzene rings is 1. The molecule has 0 spiro atoms. The average Bonchev–Trinajstić information content (AvgIpc) is 3.16. The number of hydrogen-bond acceptors (Lipinski definition) is 4. The SMILES string of the molecule is Cc1nn(-c2ccccc2)c(C)c1S(=O)(=O)NCCCn1nc(C(F)(F)F)c(Br)c1C. The van der Waals surface area contributed by atoms with Crippen LogP contribution in [0.5, 0.6) is 0 Å². The first kappa shape index (κ1) is 23.5. The van der Waals surface area contributed by atoms with E-state index in [-0.39, 0.29) is 28.9 Å². The zero-order valence-electron chi connectivity index (χ0n) is 17.0. The quantitative estimate of drug-likeness (QED) is 0.475. The smallest absolute Gasteiger partial charge is 0.268 e. The molecule has 0 amide bonds. The minimum absolute atomic E-state index is 0.0377. The highest BCUT2D eigenvalue weighted by Gasteiger charge is 2.37. The third-order valence-electron chi connectivity index (χ3n) is 4.74. The van der Waals surface area contributed by atoms with Gasteiger partial charge in [-0.05, 0) is 55.3 Å². The van der Waals surface area contributed by atoms with E-state index < -0.39 is 21.9 Å². The van der Waals surface area contributed by atoms with Crippen molar-refractivity contribution in [1.29, 1.82) is 0 Å². The number of aryl methyl sites for hydroxylation is 2. The maximum absolute atomic E-state index is 13.0. The lowest BCUT2D eigenvalue weighted by atomic mass is 10.3. The molecule has 0 fully saturated rings. The van der Waals surface area contributed by atoms with Gasteiger partial charge in [0.2, 0.25) is 10.0 Å². The molecule has 0 aliphatic carbocycles. The third kappa shape index (κ3) is 4.85. The Morgan fingerprint density at radius 2 is 1.71 bits per heavy atom.